The van der Waals surface area contributed by atoms with Crippen molar-refractivity contribution in [3.8, 4) is 0 Å². The topological polar surface area (TPSA) is 105 Å². The van der Waals surface area contributed by atoms with E-state index in [2.05, 4.69) is 19.2 Å². The van der Waals surface area contributed by atoms with E-state index >= 15 is 0 Å². The lowest BCUT2D eigenvalue weighted by Gasteiger charge is -2.26. The van der Waals surface area contributed by atoms with Gasteiger partial charge in [-0.25, -0.2) is 4.57 Å². The summed E-state index contributed by atoms with van der Waals surface area (Å²) in [5, 5.41) is 14.0. The standard InChI is InChI=1S/C57H117N2O6P/c1-6-8-10-12-14-16-18-19-20-21-22-23-24-25-26-27-28-29-30-31-32-33-34-35-36-37-38-39-41-43-45-47-49-51-57(61)58-55(54-65-66(62,63)64-53-52-59(3,4)5)56(60)50-48-46-44-42-40-17-15-13-11-9-7-2/h55-56,60H,6-54H2,1-5H3,(H-,58,61,62,63)/p+1/t55-,56+/m0/s1. The van der Waals surface area contributed by atoms with Gasteiger partial charge in [0.25, 0.3) is 0 Å². The normalized spacial score (nSPS) is 13.9. The van der Waals surface area contributed by atoms with Gasteiger partial charge in [-0.05, 0) is 12.8 Å². The number of likely N-dealkylation sites (N-methyl/N-ethyl adjacent to an activating group) is 1. The molecular weight excluding hydrogens is 840 g/mol. The average Bonchev–Trinajstić information content (AvgIpc) is 3.28. The molecule has 0 aromatic heterocycles. The number of amides is 1. The van der Waals surface area contributed by atoms with E-state index in [0.29, 0.717) is 23.9 Å². The summed E-state index contributed by atoms with van der Waals surface area (Å²) in [5.74, 6) is -0.138. The van der Waals surface area contributed by atoms with Crippen LogP contribution in [0.1, 0.15) is 309 Å². The van der Waals surface area contributed by atoms with E-state index in [1.54, 1.807) is 0 Å². The minimum absolute atomic E-state index is 0.0787. The third-order valence-electron chi connectivity index (χ3n) is 13.9. The molecular formula is C57H118N2O6P+. The van der Waals surface area contributed by atoms with Crippen LogP contribution < -0.4 is 5.32 Å². The van der Waals surface area contributed by atoms with Gasteiger partial charge >= 0.3 is 7.82 Å². The van der Waals surface area contributed by atoms with Gasteiger partial charge in [-0.2, -0.15) is 0 Å². The van der Waals surface area contributed by atoms with Gasteiger partial charge in [0.15, 0.2) is 0 Å². The van der Waals surface area contributed by atoms with Crippen molar-refractivity contribution in [2.45, 2.75) is 321 Å². The summed E-state index contributed by atoms with van der Waals surface area (Å²) in [5.41, 5.74) is 0. The Morgan fingerprint density at radius 3 is 1.02 bits per heavy atom. The second-order valence-electron chi connectivity index (χ2n) is 21.7. The van der Waals surface area contributed by atoms with Gasteiger partial charge < -0.3 is 19.8 Å². The maximum absolute atomic E-state index is 13.0. The Hall–Kier alpha value is -0.500. The molecule has 0 aliphatic carbocycles. The zero-order valence-electron chi connectivity index (χ0n) is 45.2. The van der Waals surface area contributed by atoms with Crippen molar-refractivity contribution in [3.63, 3.8) is 0 Å². The molecule has 3 atom stereocenters. The number of hydrogen-bond acceptors (Lipinski definition) is 5. The van der Waals surface area contributed by atoms with Gasteiger partial charge in [-0.1, -0.05) is 290 Å². The van der Waals surface area contributed by atoms with Crippen LogP contribution in [0.15, 0.2) is 0 Å². The summed E-state index contributed by atoms with van der Waals surface area (Å²) in [6.07, 6.45) is 59.0. The predicted octanol–water partition coefficient (Wildman–Crippen LogP) is 17.7. The molecule has 0 radical (unpaired) electrons. The summed E-state index contributed by atoms with van der Waals surface area (Å²) in [7, 11) is 1.63. The van der Waals surface area contributed by atoms with Crippen LogP contribution in [0, 0.1) is 0 Å². The van der Waals surface area contributed by atoms with Crippen LogP contribution in [0.3, 0.4) is 0 Å². The lowest BCUT2D eigenvalue weighted by Crippen LogP contribution is -2.46. The van der Waals surface area contributed by atoms with Gasteiger partial charge in [-0.15, -0.1) is 0 Å². The second-order valence-corrected chi connectivity index (χ2v) is 23.2. The van der Waals surface area contributed by atoms with Gasteiger partial charge in [0.2, 0.25) is 5.91 Å². The van der Waals surface area contributed by atoms with Crippen molar-refractivity contribution >= 4 is 13.7 Å². The molecule has 1 amide bonds. The Morgan fingerprint density at radius 2 is 0.727 bits per heavy atom. The molecule has 0 aromatic carbocycles. The largest absolute Gasteiger partial charge is 0.472 e. The van der Waals surface area contributed by atoms with E-state index in [4.69, 9.17) is 9.05 Å². The number of nitrogens with zero attached hydrogens (tertiary/aromatic N) is 1. The summed E-state index contributed by atoms with van der Waals surface area (Å²) in [4.78, 5) is 23.2. The number of phosphoric acid groups is 1. The number of carbonyl (C=O) groups is 1. The summed E-state index contributed by atoms with van der Waals surface area (Å²) in [6, 6.07) is -0.753. The van der Waals surface area contributed by atoms with Gasteiger partial charge in [0.1, 0.15) is 13.2 Å². The van der Waals surface area contributed by atoms with Crippen LogP contribution in [-0.2, 0) is 18.4 Å². The lowest BCUT2D eigenvalue weighted by atomic mass is 10.0. The van der Waals surface area contributed by atoms with Crippen LogP contribution >= 0.6 is 7.82 Å². The highest BCUT2D eigenvalue weighted by atomic mass is 31.2. The highest BCUT2D eigenvalue weighted by molar-refractivity contribution is 7.47. The zero-order chi connectivity index (χ0) is 48.5. The zero-order valence-corrected chi connectivity index (χ0v) is 46.1. The molecule has 0 aromatic rings. The first-order valence-electron chi connectivity index (χ1n) is 29.4. The number of unbranched alkanes of at least 4 members (excludes halogenated alkanes) is 42. The van der Waals surface area contributed by atoms with E-state index in [1.165, 1.54) is 244 Å². The van der Waals surface area contributed by atoms with Crippen LogP contribution in [0.25, 0.3) is 0 Å². The third-order valence-corrected chi connectivity index (χ3v) is 14.8. The first-order chi connectivity index (χ1) is 32.0. The summed E-state index contributed by atoms with van der Waals surface area (Å²) >= 11 is 0. The molecule has 0 heterocycles. The van der Waals surface area contributed by atoms with Gasteiger partial charge in [0, 0.05) is 6.42 Å². The van der Waals surface area contributed by atoms with Crippen LogP contribution in [0.5, 0.6) is 0 Å². The van der Waals surface area contributed by atoms with E-state index in [9.17, 15) is 19.4 Å². The molecule has 8 nitrogen and oxygen atoms in total. The summed E-state index contributed by atoms with van der Waals surface area (Å²) in [6.45, 7) is 4.92. The van der Waals surface area contributed by atoms with Gasteiger partial charge in [0.05, 0.1) is 39.9 Å². The molecule has 0 rings (SSSR count). The van der Waals surface area contributed by atoms with Crippen LogP contribution in [0.2, 0.25) is 0 Å². The Balaban J connectivity index is 3.87. The minimum atomic E-state index is -4.31. The van der Waals surface area contributed by atoms with E-state index < -0.39 is 20.0 Å². The fourth-order valence-electron chi connectivity index (χ4n) is 9.23. The molecule has 396 valence electrons. The molecule has 3 N–H and O–H groups in total. The molecule has 0 bridgehead atoms. The molecule has 0 saturated heterocycles. The first kappa shape index (κ1) is 65.5. The van der Waals surface area contributed by atoms with E-state index in [-0.39, 0.29) is 19.1 Å². The molecule has 0 spiro atoms. The average molecular weight is 959 g/mol. The third kappa shape index (κ3) is 51.4. The van der Waals surface area contributed by atoms with E-state index in [0.717, 1.165) is 38.5 Å². The second kappa shape index (κ2) is 49.5. The lowest BCUT2D eigenvalue weighted by molar-refractivity contribution is -0.870. The minimum Gasteiger partial charge on any atom is -0.391 e. The maximum Gasteiger partial charge on any atom is 0.472 e. The molecule has 0 aliphatic heterocycles. The van der Waals surface area contributed by atoms with Crippen molar-refractivity contribution in [1.29, 1.82) is 0 Å². The quantitative estimate of drug-likeness (QED) is 0.0319. The number of aliphatic hydroxyl groups is 1. The molecule has 9 heteroatoms. The van der Waals surface area contributed by atoms with Crippen molar-refractivity contribution in [1.82, 2.24) is 5.32 Å². The van der Waals surface area contributed by atoms with Gasteiger partial charge in [-0.3, -0.25) is 13.8 Å². The Bertz CT molecular complexity index is 1040. The molecule has 66 heavy (non-hydrogen) atoms. The van der Waals surface area contributed by atoms with E-state index in [1.807, 2.05) is 21.1 Å². The number of nitrogens with one attached hydrogen (secondary N) is 1. The Kier molecular flexibility index (Phi) is 49.1. The van der Waals surface area contributed by atoms with Crippen molar-refractivity contribution in [3.05, 3.63) is 0 Å². The molecule has 0 fully saturated rings. The molecule has 0 saturated carbocycles. The number of hydrogen-bond donors (Lipinski definition) is 3. The fraction of sp³-hybridized carbons (Fsp3) is 0.982. The SMILES string of the molecule is CCCCCCCCCCCCCCCCCCCCCCCCCCCCCCCCCCCC(=O)N[C@@H](COP(=O)(O)OCC[N+](C)(C)C)[C@H](O)CCCCCCCCCCCCC. The highest BCUT2D eigenvalue weighted by Gasteiger charge is 2.28. The Morgan fingerprint density at radius 1 is 0.455 bits per heavy atom. The Labute approximate surface area is 412 Å². The van der Waals surface area contributed by atoms with Crippen molar-refractivity contribution < 1.29 is 32.9 Å². The number of carbonyl (C=O) groups excluding carboxylic acids is 1. The number of quaternary nitrogens is 1. The van der Waals surface area contributed by atoms with Crippen LogP contribution in [0.4, 0.5) is 0 Å². The maximum atomic E-state index is 13.0. The smallest absolute Gasteiger partial charge is 0.391 e. The monoisotopic (exact) mass is 958 g/mol. The predicted molar refractivity (Wildman–Crippen MR) is 286 cm³/mol. The first-order valence-corrected chi connectivity index (χ1v) is 30.9. The number of rotatable bonds is 55. The molecule has 1 unspecified atom stereocenters. The highest BCUT2D eigenvalue weighted by Crippen LogP contribution is 2.43. The number of aliphatic hydroxyl groups excluding tert-OH is 1. The fourth-order valence-corrected chi connectivity index (χ4v) is 9.96. The summed E-state index contributed by atoms with van der Waals surface area (Å²) < 4.78 is 23.7. The number of phosphoric ester groups is 1. The van der Waals surface area contributed by atoms with Crippen molar-refractivity contribution in [2.75, 3.05) is 40.9 Å². The molecule has 0 aliphatic rings. The van der Waals surface area contributed by atoms with Crippen molar-refractivity contribution in [2.24, 2.45) is 0 Å². The van der Waals surface area contributed by atoms with Crippen LogP contribution in [-0.4, -0.2) is 73.4 Å².